The van der Waals surface area contributed by atoms with Crippen LogP contribution >= 0.6 is 11.6 Å². The molecule has 2 N–H and O–H groups in total. The van der Waals surface area contributed by atoms with Gasteiger partial charge in [-0.25, -0.2) is 4.79 Å². The van der Waals surface area contributed by atoms with Gasteiger partial charge >= 0.3 is 6.03 Å². The Balaban J connectivity index is 1.42. The molecule has 1 saturated carbocycles. The van der Waals surface area contributed by atoms with Gasteiger partial charge in [-0.3, -0.25) is 4.79 Å². The number of rotatable bonds is 6. The van der Waals surface area contributed by atoms with Crippen molar-refractivity contribution in [3.63, 3.8) is 0 Å². The minimum absolute atomic E-state index is 0.0858. The number of anilines is 2. The van der Waals surface area contributed by atoms with Crippen molar-refractivity contribution in [2.45, 2.75) is 51.6 Å². The number of halogens is 1. The lowest BCUT2D eigenvalue weighted by molar-refractivity contribution is -0.117. The number of carbonyl (C=O) groups excluding carboxylic acids is 2. The second-order valence-electron chi connectivity index (χ2n) is 7.37. The zero-order chi connectivity index (χ0) is 19.2. The van der Waals surface area contributed by atoms with E-state index in [1.165, 1.54) is 19.3 Å². The number of nitrogens with one attached hydrogen (secondary N) is 2. The molecule has 1 saturated heterocycles. The first kappa shape index (κ1) is 20.0. The van der Waals surface area contributed by atoms with E-state index in [0.717, 1.165) is 12.8 Å². The van der Waals surface area contributed by atoms with E-state index in [1.807, 2.05) is 0 Å². The van der Waals surface area contributed by atoms with Crippen LogP contribution in [0.1, 0.15) is 45.4 Å². The molecule has 1 heterocycles. The van der Waals surface area contributed by atoms with Crippen LogP contribution in [0.15, 0.2) is 18.2 Å². The van der Waals surface area contributed by atoms with E-state index in [2.05, 4.69) is 17.6 Å². The molecule has 1 aliphatic carbocycles. The maximum Gasteiger partial charge on any atom is 0.319 e. The van der Waals surface area contributed by atoms with Gasteiger partial charge in [0.15, 0.2) is 0 Å². The molecule has 1 aromatic rings. The molecule has 1 aromatic carbocycles. The molecule has 27 heavy (non-hydrogen) atoms. The third kappa shape index (κ3) is 5.36. The Bertz CT molecular complexity index is 682. The van der Waals surface area contributed by atoms with Crippen LogP contribution in [0, 0.1) is 5.92 Å². The summed E-state index contributed by atoms with van der Waals surface area (Å²) in [4.78, 5) is 25.6. The first-order chi connectivity index (χ1) is 13.0. The van der Waals surface area contributed by atoms with Gasteiger partial charge in [0, 0.05) is 25.2 Å². The molecular formula is C20H28ClN3O3. The third-order valence-corrected chi connectivity index (χ3v) is 5.62. The van der Waals surface area contributed by atoms with E-state index in [9.17, 15) is 9.59 Å². The van der Waals surface area contributed by atoms with E-state index < -0.39 is 0 Å². The number of ether oxygens (including phenoxy) is 1. The molecule has 2 fully saturated rings. The quantitative estimate of drug-likeness (QED) is 0.712. The molecule has 2 aliphatic rings. The summed E-state index contributed by atoms with van der Waals surface area (Å²) < 4.78 is 5.90. The summed E-state index contributed by atoms with van der Waals surface area (Å²) in [6.07, 6.45) is 6.55. The van der Waals surface area contributed by atoms with E-state index in [1.54, 1.807) is 23.1 Å². The molecule has 148 valence electrons. The average Bonchev–Trinajstić information content (AvgIpc) is 3.06. The Morgan fingerprint density at radius 3 is 2.81 bits per heavy atom. The first-order valence-electron chi connectivity index (χ1n) is 9.81. The number of nitrogens with zero attached hydrogens (tertiary/aromatic N) is 1. The van der Waals surface area contributed by atoms with E-state index in [0.29, 0.717) is 54.5 Å². The fourth-order valence-corrected chi connectivity index (χ4v) is 4.07. The second-order valence-corrected chi connectivity index (χ2v) is 7.77. The van der Waals surface area contributed by atoms with Gasteiger partial charge < -0.3 is 20.3 Å². The van der Waals surface area contributed by atoms with Crippen LogP contribution in [0.25, 0.3) is 0 Å². The summed E-state index contributed by atoms with van der Waals surface area (Å²) in [6, 6.07) is 4.90. The second kappa shape index (κ2) is 9.42. The molecule has 0 radical (unpaired) electrons. The van der Waals surface area contributed by atoms with Crippen LogP contribution < -0.4 is 15.5 Å². The topological polar surface area (TPSA) is 70.7 Å². The van der Waals surface area contributed by atoms with Crippen molar-refractivity contribution in [3.8, 4) is 0 Å². The summed E-state index contributed by atoms with van der Waals surface area (Å²) in [5.74, 6) is 0.679. The SMILES string of the molecule is CC1CCCCC1OCCNC(=O)Nc1ccc(N2CCCC2=O)c(Cl)c1. The summed E-state index contributed by atoms with van der Waals surface area (Å²) >= 11 is 6.30. The lowest BCUT2D eigenvalue weighted by atomic mass is 9.88. The fourth-order valence-electron chi connectivity index (χ4n) is 3.79. The molecule has 2 atom stereocenters. The third-order valence-electron chi connectivity index (χ3n) is 5.32. The van der Waals surface area contributed by atoms with Crippen LogP contribution in [0.3, 0.4) is 0 Å². The number of hydrogen-bond acceptors (Lipinski definition) is 3. The average molecular weight is 394 g/mol. The van der Waals surface area contributed by atoms with Crippen molar-refractivity contribution in [1.82, 2.24) is 5.32 Å². The summed E-state index contributed by atoms with van der Waals surface area (Å²) in [6.45, 7) is 3.89. The molecule has 3 amide bonds. The van der Waals surface area contributed by atoms with Crippen LogP contribution in [0.2, 0.25) is 5.02 Å². The normalized spacial score (nSPS) is 22.7. The lowest BCUT2D eigenvalue weighted by Crippen LogP contribution is -2.34. The lowest BCUT2D eigenvalue weighted by Gasteiger charge is -2.28. The number of urea groups is 1. The predicted molar refractivity (Wildman–Crippen MR) is 107 cm³/mol. The Hall–Kier alpha value is -1.79. The maximum absolute atomic E-state index is 12.0. The van der Waals surface area contributed by atoms with Crippen molar-refractivity contribution >= 4 is 34.9 Å². The summed E-state index contributed by atoms with van der Waals surface area (Å²) in [7, 11) is 0. The fraction of sp³-hybridized carbons (Fsp3) is 0.600. The van der Waals surface area contributed by atoms with Gasteiger partial charge in [0.1, 0.15) is 0 Å². The van der Waals surface area contributed by atoms with Crippen molar-refractivity contribution in [1.29, 1.82) is 0 Å². The Kier molecular flexibility index (Phi) is 6.96. The Morgan fingerprint density at radius 1 is 1.30 bits per heavy atom. The highest BCUT2D eigenvalue weighted by Crippen LogP contribution is 2.31. The highest BCUT2D eigenvalue weighted by atomic mass is 35.5. The van der Waals surface area contributed by atoms with Crippen LogP contribution in [-0.2, 0) is 9.53 Å². The van der Waals surface area contributed by atoms with Crippen LogP contribution in [0.4, 0.5) is 16.2 Å². The standard InChI is InChI=1S/C20H28ClN3O3/c1-14-5-2-3-6-18(14)27-12-10-22-20(26)23-15-8-9-17(16(21)13-15)24-11-4-7-19(24)25/h8-9,13-14,18H,2-7,10-12H2,1H3,(H2,22,23,26). The number of hydrogen-bond donors (Lipinski definition) is 2. The summed E-state index contributed by atoms with van der Waals surface area (Å²) in [5, 5.41) is 6.02. The van der Waals surface area contributed by atoms with E-state index in [-0.39, 0.29) is 11.9 Å². The van der Waals surface area contributed by atoms with E-state index >= 15 is 0 Å². The van der Waals surface area contributed by atoms with Gasteiger partial charge in [-0.05, 0) is 43.4 Å². The first-order valence-corrected chi connectivity index (χ1v) is 10.2. The Labute approximate surface area is 165 Å². The molecule has 7 heteroatoms. The van der Waals surface area contributed by atoms with Gasteiger partial charge in [-0.1, -0.05) is 31.4 Å². The van der Waals surface area contributed by atoms with Crippen LogP contribution in [0.5, 0.6) is 0 Å². The molecule has 2 unspecified atom stereocenters. The monoisotopic (exact) mass is 393 g/mol. The number of benzene rings is 1. The highest BCUT2D eigenvalue weighted by molar-refractivity contribution is 6.34. The van der Waals surface area contributed by atoms with Gasteiger partial charge in [0.05, 0.1) is 23.4 Å². The number of amides is 3. The zero-order valence-corrected chi connectivity index (χ0v) is 16.6. The minimum Gasteiger partial charge on any atom is -0.376 e. The molecule has 0 aromatic heterocycles. The molecular weight excluding hydrogens is 366 g/mol. The molecule has 0 bridgehead atoms. The van der Waals surface area contributed by atoms with Crippen molar-refractivity contribution in [2.75, 3.05) is 29.9 Å². The smallest absolute Gasteiger partial charge is 0.319 e. The van der Waals surface area contributed by atoms with Crippen molar-refractivity contribution in [3.05, 3.63) is 23.2 Å². The van der Waals surface area contributed by atoms with Gasteiger partial charge in [0.2, 0.25) is 5.91 Å². The molecule has 0 spiro atoms. The largest absolute Gasteiger partial charge is 0.376 e. The zero-order valence-electron chi connectivity index (χ0n) is 15.8. The Morgan fingerprint density at radius 2 is 2.11 bits per heavy atom. The molecule has 1 aliphatic heterocycles. The van der Waals surface area contributed by atoms with E-state index in [4.69, 9.17) is 16.3 Å². The summed E-state index contributed by atoms with van der Waals surface area (Å²) in [5.41, 5.74) is 1.29. The van der Waals surface area contributed by atoms with Gasteiger partial charge in [-0.15, -0.1) is 0 Å². The van der Waals surface area contributed by atoms with Gasteiger partial charge in [-0.2, -0.15) is 0 Å². The highest BCUT2D eigenvalue weighted by Gasteiger charge is 2.24. The molecule has 3 rings (SSSR count). The maximum atomic E-state index is 12.0. The minimum atomic E-state index is -0.295. The number of carbonyl (C=O) groups is 2. The van der Waals surface area contributed by atoms with Gasteiger partial charge in [0.25, 0.3) is 0 Å². The van der Waals surface area contributed by atoms with Crippen LogP contribution in [-0.4, -0.2) is 37.7 Å². The predicted octanol–water partition coefficient (Wildman–Crippen LogP) is 4.18. The van der Waals surface area contributed by atoms with Crippen molar-refractivity contribution in [2.24, 2.45) is 5.92 Å². The van der Waals surface area contributed by atoms with Crippen molar-refractivity contribution < 1.29 is 14.3 Å². The molecule has 6 nitrogen and oxygen atoms in total.